The lowest BCUT2D eigenvalue weighted by Crippen LogP contribution is -2.39. The van der Waals surface area contributed by atoms with Gasteiger partial charge in [0, 0.05) is 23.3 Å². The van der Waals surface area contributed by atoms with Gasteiger partial charge in [-0.05, 0) is 29.7 Å². The first-order chi connectivity index (χ1) is 11.6. The first-order valence-corrected chi connectivity index (χ1v) is 8.32. The largest absolute Gasteiger partial charge is 0.287 e. The molecule has 1 heterocycles. The Kier molecular flexibility index (Phi) is 4.85. The van der Waals surface area contributed by atoms with Gasteiger partial charge in [-0.15, -0.1) is 0 Å². The second-order valence-electron chi connectivity index (χ2n) is 6.28. The number of hydrogen-bond acceptors (Lipinski definition) is 1. The Balaban J connectivity index is 1.89. The maximum absolute atomic E-state index is 12.5. The third-order valence-electron chi connectivity index (χ3n) is 4.22. The number of Topliss-reactive ketones (excluding diaryl/α,β-unsaturated/α-hetero) is 1. The summed E-state index contributed by atoms with van der Waals surface area (Å²) in [5.74, 6) is 0.633. The molecule has 0 saturated carbocycles. The second-order valence-corrected chi connectivity index (χ2v) is 6.28. The van der Waals surface area contributed by atoms with Gasteiger partial charge in [0.05, 0.1) is 0 Å². The smallest absolute Gasteiger partial charge is 0.227 e. The van der Waals surface area contributed by atoms with E-state index in [-0.39, 0.29) is 5.78 Å². The molecule has 0 radical (unpaired) electrons. The van der Waals surface area contributed by atoms with E-state index in [0.717, 1.165) is 16.8 Å². The second kappa shape index (κ2) is 7.22. The summed E-state index contributed by atoms with van der Waals surface area (Å²) < 4.78 is 2.01. The number of carbonyl (C=O) groups excluding carboxylic acids is 1. The maximum Gasteiger partial charge on any atom is 0.227 e. The lowest BCUT2D eigenvalue weighted by Gasteiger charge is -2.07. The molecule has 0 amide bonds. The highest BCUT2D eigenvalue weighted by molar-refractivity contribution is 5.95. The van der Waals surface area contributed by atoms with Gasteiger partial charge in [0.2, 0.25) is 18.0 Å². The summed E-state index contributed by atoms with van der Waals surface area (Å²) in [5, 5.41) is 0. The molecule has 24 heavy (non-hydrogen) atoms. The van der Waals surface area contributed by atoms with Gasteiger partial charge < -0.3 is 0 Å². The van der Waals surface area contributed by atoms with E-state index in [0.29, 0.717) is 12.5 Å². The van der Waals surface area contributed by atoms with E-state index in [2.05, 4.69) is 44.2 Å². The molecule has 0 fully saturated rings. The number of carbonyl (C=O) groups is 1. The predicted octanol–water partition coefficient (Wildman–Crippen LogP) is 4.65. The quantitative estimate of drug-likeness (QED) is 0.496. The summed E-state index contributed by atoms with van der Waals surface area (Å²) in [6.45, 7) is 4.72. The molecule has 2 heteroatoms. The van der Waals surface area contributed by atoms with E-state index in [1.54, 1.807) is 0 Å². The number of hydrogen-bond donors (Lipinski definition) is 0. The van der Waals surface area contributed by atoms with Gasteiger partial charge in [-0.3, -0.25) is 4.79 Å². The van der Waals surface area contributed by atoms with Crippen LogP contribution in [0.5, 0.6) is 0 Å². The van der Waals surface area contributed by atoms with Crippen LogP contribution >= 0.6 is 0 Å². The summed E-state index contributed by atoms with van der Waals surface area (Å²) in [7, 11) is 0. The molecular weight excluding hydrogens is 294 g/mol. The van der Waals surface area contributed by atoms with Crippen molar-refractivity contribution >= 4 is 5.78 Å². The van der Waals surface area contributed by atoms with Crippen LogP contribution in [0.1, 0.15) is 35.7 Å². The minimum atomic E-state index is 0.117. The molecule has 0 N–H and O–H groups in total. The van der Waals surface area contributed by atoms with Crippen molar-refractivity contribution in [2.45, 2.75) is 26.3 Å². The fourth-order valence-corrected chi connectivity index (χ4v) is 2.79. The minimum absolute atomic E-state index is 0.117. The van der Waals surface area contributed by atoms with Gasteiger partial charge in [-0.1, -0.05) is 56.3 Å². The number of rotatable bonds is 5. The van der Waals surface area contributed by atoms with Crippen molar-refractivity contribution in [2.75, 3.05) is 0 Å². The van der Waals surface area contributed by atoms with Gasteiger partial charge in [-0.2, -0.15) is 4.57 Å². The summed E-state index contributed by atoms with van der Waals surface area (Å²) in [6.07, 6.45) is 1.96. The van der Waals surface area contributed by atoms with E-state index in [4.69, 9.17) is 0 Å². The Morgan fingerprint density at radius 2 is 1.54 bits per heavy atom. The zero-order chi connectivity index (χ0) is 16.9. The molecule has 0 bridgehead atoms. The lowest BCUT2D eigenvalue weighted by molar-refractivity contribution is -0.672. The van der Waals surface area contributed by atoms with Crippen molar-refractivity contribution in [2.24, 2.45) is 0 Å². The number of aromatic nitrogens is 1. The highest BCUT2D eigenvalue weighted by atomic mass is 16.1. The van der Waals surface area contributed by atoms with Crippen LogP contribution in [0.4, 0.5) is 0 Å². The maximum atomic E-state index is 12.5. The number of pyridine rings is 1. The molecule has 2 aromatic carbocycles. The minimum Gasteiger partial charge on any atom is -0.287 e. The van der Waals surface area contributed by atoms with Gasteiger partial charge in [-0.25, -0.2) is 0 Å². The molecule has 0 aliphatic carbocycles. The van der Waals surface area contributed by atoms with Gasteiger partial charge >= 0.3 is 0 Å². The molecule has 1 aromatic heterocycles. The Morgan fingerprint density at radius 1 is 0.875 bits per heavy atom. The van der Waals surface area contributed by atoms with Crippen molar-refractivity contribution in [3.05, 3.63) is 90.1 Å². The van der Waals surface area contributed by atoms with Gasteiger partial charge in [0.1, 0.15) is 0 Å². The van der Waals surface area contributed by atoms with E-state index >= 15 is 0 Å². The predicted molar refractivity (Wildman–Crippen MR) is 96.9 cm³/mol. The number of benzene rings is 2. The van der Waals surface area contributed by atoms with Crippen LogP contribution in [0.15, 0.2) is 79.0 Å². The zero-order valence-electron chi connectivity index (χ0n) is 14.1. The monoisotopic (exact) mass is 316 g/mol. The highest BCUT2D eigenvalue weighted by Crippen LogP contribution is 2.20. The van der Waals surface area contributed by atoms with E-state index in [1.807, 2.05) is 53.2 Å². The molecule has 0 aliphatic heterocycles. The Labute approximate surface area is 143 Å². The number of nitrogens with zero attached hydrogens (tertiary/aromatic N) is 1. The normalized spacial score (nSPS) is 10.8. The summed E-state index contributed by atoms with van der Waals surface area (Å²) >= 11 is 0. The standard InChI is InChI=1S/C22H22NO/c1-17(2)18-11-13-19(14-12-18)21-10-6-7-15-23(21)16-22(24)20-8-4-3-5-9-20/h3-15,17H,16H2,1-2H3/q+1. The first kappa shape index (κ1) is 16.1. The molecule has 2 nitrogen and oxygen atoms in total. The van der Waals surface area contributed by atoms with Crippen LogP contribution in [-0.4, -0.2) is 5.78 Å². The van der Waals surface area contributed by atoms with Gasteiger partial charge in [0.25, 0.3) is 0 Å². The summed E-state index contributed by atoms with van der Waals surface area (Å²) in [5.41, 5.74) is 4.24. The lowest BCUT2D eigenvalue weighted by atomic mass is 10.0. The van der Waals surface area contributed by atoms with Gasteiger partial charge in [0.15, 0.2) is 6.20 Å². The topological polar surface area (TPSA) is 20.9 Å². The highest BCUT2D eigenvalue weighted by Gasteiger charge is 2.17. The Bertz CT molecular complexity index is 820. The van der Waals surface area contributed by atoms with Crippen molar-refractivity contribution in [3.8, 4) is 11.3 Å². The summed E-state index contributed by atoms with van der Waals surface area (Å²) in [4.78, 5) is 12.5. The SMILES string of the molecule is CC(C)c1ccc(-c2cccc[n+]2CC(=O)c2ccccc2)cc1. The molecule has 0 aliphatic rings. The molecule has 3 rings (SSSR count). The Morgan fingerprint density at radius 3 is 2.21 bits per heavy atom. The molecular formula is C22H22NO+. The van der Waals surface area contributed by atoms with E-state index < -0.39 is 0 Å². The van der Waals surface area contributed by atoms with Crippen LogP contribution in [0, 0.1) is 0 Å². The van der Waals surface area contributed by atoms with Crippen LogP contribution in [0.3, 0.4) is 0 Å². The average Bonchev–Trinajstić information content (AvgIpc) is 2.63. The van der Waals surface area contributed by atoms with Crippen molar-refractivity contribution in [1.29, 1.82) is 0 Å². The fourth-order valence-electron chi connectivity index (χ4n) is 2.79. The average molecular weight is 316 g/mol. The molecule has 0 unspecified atom stereocenters. The third kappa shape index (κ3) is 3.60. The van der Waals surface area contributed by atoms with Crippen molar-refractivity contribution < 1.29 is 9.36 Å². The van der Waals surface area contributed by atoms with Crippen LogP contribution < -0.4 is 4.57 Å². The zero-order valence-corrected chi connectivity index (χ0v) is 14.1. The number of ketones is 1. The molecule has 0 atom stereocenters. The fraction of sp³-hybridized carbons (Fsp3) is 0.182. The van der Waals surface area contributed by atoms with E-state index in [1.165, 1.54) is 5.56 Å². The van der Waals surface area contributed by atoms with Crippen LogP contribution in [0.25, 0.3) is 11.3 Å². The molecule has 0 saturated heterocycles. The van der Waals surface area contributed by atoms with Crippen LogP contribution in [0.2, 0.25) is 0 Å². The van der Waals surface area contributed by atoms with Crippen LogP contribution in [-0.2, 0) is 6.54 Å². The third-order valence-corrected chi connectivity index (χ3v) is 4.22. The first-order valence-electron chi connectivity index (χ1n) is 8.32. The molecule has 3 aromatic rings. The molecule has 120 valence electrons. The molecule has 0 spiro atoms. The summed E-state index contributed by atoms with van der Waals surface area (Å²) in [6, 6.07) is 24.1. The van der Waals surface area contributed by atoms with E-state index in [9.17, 15) is 4.79 Å². The van der Waals surface area contributed by atoms with Crippen molar-refractivity contribution in [3.63, 3.8) is 0 Å². The van der Waals surface area contributed by atoms with Crippen molar-refractivity contribution in [1.82, 2.24) is 0 Å². The Hall–Kier alpha value is -2.74.